The number of ether oxygens (including phenoxy) is 1. The van der Waals surface area contributed by atoms with Gasteiger partial charge in [-0.05, 0) is 56.2 Å². The minimum atomic E-state index is -4.70. The summed E-state index contributed by atoms with van der Waals surface area (Å²) >= 11 is 1.38. The molecule has 202 valence electrons. The molecule has 12 heteroatoms. The molecule has 39 heavy (non-hydrogen) atoms. The molecule has 0 aliphatic rings. The van der Waals surface area contributed by atoms with E-state index in [1.807, 2.05) is 37.3 Å². The zero-order valence-electron chi connectivity index (χ0n) is 21.6. The van der Waals surface area contributed by atoms with E-state index in [0.29, 0.717) is 38.8 Å². The Morgan fingerprint density at radius 1 is 1.10 bits per heavy atom. The molecular weight excluding hydrogens is 529 g/mol. The molecule has 4 heterocycles. The average Bonchev–Trinajstić information content (AvgIpc) is 3.62. The molecule has 0 saturated heterocycles. The number of benzene rings is 1. The highest BCUT2D eigenvalue weighted by Crippen LogP contribution is 2.34. The van der Waals surface area contributed by atoms with Gasteiger partial charge in [-0.1, -0.05) is 19.1 Å². The van der Waals surface area contributed by atoms with Crippen molar-refractivity contribution in [3.05, 3.63) is 81.7 Å². The van der Waals surface area contributed by atoms with Gasteiger partial charge in [0.25, 0.3) is 5.91 Å². The number of nitrogens with one attached hydrogen (secondary N) is 1. The van der Waals surface area contributed by atoms with Crippen LogP contribution >= 0.6 is 11.3 Å². The molecule has 8 nitrogen and oxygen atoms in total. The van der Waals surface area contributed by atoms with Gasteiger partial charge in [0, 0.05) is 10.9 Å². The molecule has 0 fully saturated rings. The molecule has 0 saturated carbocycles. The van der Waals surface area contributed by atoms with E-state index in [9.17, 15) is 18.0 Å². The number of alkyl halides is 3. The largest absolute Gasteiger partial charge is 0.497 e. The van der Waals surface area contributed by atoms with Gasteiger partial charge in [-0.3, -0.25) is 9.48 Å². The summed E-state index contributed by atoms with van der Waals surface area (Å²) in [7, 11) is 1.59. The highest BCUT2D eigenvalue weighted by molar-refractivity contribution is 7.15. The zero-order chi connectivity index (χ0) is 27.9. The van der Waals surface area contributed by atoms with Gasteiger partial charge in [-0.15, -0.1) is 11.3 Å². The van der Waals surface area contributed by atoms with Crippen LogP contribution in [0.4, 0.5) is 18.9 Å². The first kappa shape index (κ1) is 26.4. The van der Waals surface area contributed by atoms with Crippen LogP contribution in [0.1, 0.15) is 44.9 Å². The summed E-state index contributed by atoms with van der Waals surface area (Å²) in [6.45, 7) is 5.97. The third-order valence-electron chi connectivity index (χ3n) is 6.30. The summed E-state index contributed by atoms with van der Waals surface area (Å²) in [5.41, 5.74) is 1.58. The number of halogens is 3. The highest BCUT2D eigenvalue weighted by atomic mass is 32.1. The van der Waals surface area contributed by atoms with Crippen molar-refractivity contribution in [2.24, 2.45) is 0 Å². The second kappa shape index (κ2) is 10.2. The Bertz CT molecular complexity index is 1680. The number of thiophene rings is 1. The third kappa shape index (κ3) is 5.24. The van der Waals surface area contributed by atoms with Gasteiger partial charge in [0.15, 0.2) is 17.0 Å². The SMILES string of the molecule is CCc1ccc(-c2cc(C(F)(F)F)n3nc(C(=O)Nc4c(C)nn(Cc5cccc(OC)c5)c4C)cc3n2)s1. The standard InChI is InChI=1S/C27H25F3N6O2S/c1-5-19-9-10-22(39-19)20-12-23(27(28,29)30)36-24(31-20)13-21(34-36)26(37)32-25-15(2)33-35(16(25)3)14-17-7-6-8-18(11-17)38-4/h6-13H,5,14H2,1-4H3,(H,32,37). The van der Waals surface area contributed by atoms with Crippen LogP contribution in [0.3, 0.4) is 0 Å². The Labute approximate surface area is 226 Å². The Kier molecular flexibility index (Phi) is 6.89. The van der Waals surface area contributed by atoms with Crippen molar-refractivity contribution in [1.82, 2.24) is 24.4 Å². The zero-order valence-corrected chi connectivity index (χ0v) is 22.4. The average molecular weight is 555 g/mol. The maximum atomic E-state index is 14.0. The number of carbonyl (C=O) groups excluding carboxylic acids is 1. The molecule has 0 aliphatic heterocycles. The number of methoxy groups -OCH3 is 1. The van der Waals surface area contributed by atoms with Gasteiger partial charge >= 0.3 is 6.18 Å². The number of aryl methyl sites for hydroxylation is 2. The number of anilines is 1. The Hall–Kier alpha value is -4.19. The minimum Gasteiger partial charge on any atom is -0.497 e. The summed E-state index contributed by atoms with van der Waals surface area (Å²) in [6, 6.07) is 13.4. The van der Waals surface area contributed by atoms with E-state index in [1.165, 1.54) is 17.4 Å². The summed E-state index contributed by atoms with van der Waals surface area (Å²) in [5.74, 6) is 0.0565. The Morgan fingerprint density at radius 3 is 2.59 bits per heavy atom. The van der Waals surface area contributed by atoms with Crippen LogP contribution in [0.15, 0.2) is 48.5 Å². The van der Waals surface area contributed by atoms with Gasteiger partial charge in [-0.25, -0.2) is 9.50 Å². The van der Waals surface area contributed by atoms with Crippen molar-refractivity contribution in [3.8, 4) is 16.3 Å². The van der Waals surface area contributed by atoms with Gasteiger partial charge in [0.2, 0.25) is 0 Å². The first-order valence-corrected chi connectivity index (χ1v) is 12.9. The van der Waals surface area contributed by atoms with Crippen LogP contribution in [-0.2, 0) is 19.1 Å². The summed E-state index contributed by atoms with van der Waals surface area (Å²) in [4.78, 5) is 19.2. The molecule has 4 aromatic heterocycles. The smallest absolute Gasteiger partial charge is 0.433 e. The molecule has 0 unspecified atom stereocenters. The molecular formula is C27H25F3N6O2S. The van der Waals surface area contributed by atoms with Gasteiger partial charge in [0.05, 0.1) is 41.3 Å². The fraction of sp³-hybridized carbons (Fsp3) is 0.259. The van der Waals surface area contributed by atoms with Gasteiger partial charge in [-0.2, -0.15) is 23.4 Å². The number of carbonyl (C=O) groups is 1. The van der Waals surface area contributed by atoms with Crippen LogP contribution < -0.4 is 10.1 Å². The lowest BCUT2D eigenvalue weighted by atomic mass is 10.2. The number of hydrogen-bond donors (Lipinski definition) is 1. The number of fused-ring (bicyclic) bond motifs is 1. The van der Waals surface area contributed by atoms with E-state index >= 15 is 0 Å². The van der Waals surface area contributed by atoms with Crippen LogP contribution in [0.2, 0.25) is 0 Å². The van der Waals surface area contributed by atoms with Crippen LogP contribution in [-0.4, -0.2) is 37.4 Å². The molecule has 1 N–H and O–H groups in total. The van der Waals surface area contributed by atoms with Crippen LogP contribution in [0.5, 0.6) is 5.75 Å². The number of aromatic nitrogens is 5. The lowest BCUT2D eigenvalue weighted by molar-refractivity contribution is -0.142. The van der Waals surface area contributed by atoms with Crippen molar-refractivity contribution < 1.29 is 22.7 Å². The first-order chi connectivity index (χ1) is 18.6. The van der Waals surface area contributed by atoms with Gasteiger partial charge in [0.1, 0.15) is 5.75 Å². The number of rotatable bonds is 7. The van der Waals surface area contributed by atoms with Crippen molar-refractivity contribution >= 4 is 28.6 Å². The molecule has 0 aliphatic carbocycles. The highest BCUT2D eigenvalue weighted by Gasteiger charge is 2.36. The molecule has 0 spiro atoms. The molecule has 5 aromatic rings. The Balaban J connectivity index is 1.46. The van der Waals surface area contributed by atoms with E-state index in [0.717, 1.165) is 22.9 Å². The number of amides is 1. The number of nitrogens with zero attached hydrogens (tertiary/aromatic N) is 5. The predicted molar refractivity (Wildman–Crippen MR) is 142 cm³/mol. The summed E-state index contributed by atoms with van der Waals surface area (Å²) < 4.78 is 49.6. The fourth-order valence-electron chi connectivity index (χ4n) is 4.27. The van der Waals surface area contributed by atoms with Crippen molar-refractivity contribution in [2.45, 2.75) is 39.9 Å². The molecule has 0 bridgehead atoms. The van der Waals surface area contributed by atoms with Crippen molar-refractivity contribution in [3.63, 3.8) is 0 Å². The first-order valence-electron chi connectivity index (χ1n) is 12.1. The normalized spacial score (nSPS) is 11.8. The molecule has 0 atom stereocenters. The lowest BCUT2D eigenvalue weighted by Crippen LogP contribution is -2.16. The molecule has 1 amide bonds. The predicted octanol–water partition coefficient (Wildman–Crippen LogP) is 6.16. The van der Waals surface area contributed by atoms with Gasteiger partial charge < -0.3 is 10.1 Å². The Morgan fingerprint density at radius 2 is 1.90 bits per heavy atom. The maximum Gasteiger partial charge on any atom is 0.433 e. The van der Waals surface area contributed by atoms with E-state index in [1.54, 1.807) is 31.7 Å². The van der Waals surface area contributed by atoms with Crippen LogP contribution in [0, 0.1) is 13.8 Å². The third-order valence-corrected chi connectivity index (χ3v) is 7.55. The van der Waals surface area contributed by atoms with E-state index < -0.39 is 17.8 Å². The van der Waals surface area contributed by atoms with E-state index in [4.69, 9.17) is 4.74 Å². The fourth-order valence-corrected chi connectivity index (χ4v) is 5.18. The molecule has 1 aromatic carbocycles. The summed E-state index contributed by atoms with van der Waals surface area (Å²) in [5, 5.41) is 11.3. The topological polar surface area (TPSA) is 86.3 Å². The van der Waals surface area contributed by atoms with E-state index in [2.05, 4.69) is 20.5 Å². The lowest BCUT2D eigenvalue weighted by Gasteiger charge is -2.10. The second-order valence-electron chi connectivity index (χ2n) is 8.95. The van der Waals surface area contributed by atoms with E-state index in [-0.39, 0.29) is 17.0 Å². The van der Waals surface area contributed by atoms with Crippen molar-refractivity contribution in [1.29, 1.82) is 0 Å². The monoisotopic (exact) mass is 554 g/mol. The molecule has 5 rings (SSSR count). The second-order valence-corrected chi connectivity index (χ2v) is 10.1. The van der Waals surface area contributed by atoms with Crippen molar-refractivity contribution in [2.75, 3.05) is 12.4 Å². The van der Waals surface area contributed by atoms with Crippen LogP contribution in [0.25, 0.3) is 16.2 Å². The maximum absolute atomic E-state index is 14.0. The quantitative estimate of drug-likeness (QED) is 0.260. The molecule has 0 radical (unpaired) electrons. The minimum absolute atomic E-state index is 0.0708. The summed E-state index contributed by atoms with van der Waals surface area (Å²) in [6.07, 6.45) is -3.93. The number of hydrogen-bond acceptors (Lipinski definition) is 6.